The van der Waals surface area contributed by atoms with Crippen LogP contribution in [-0.4, -0.2) is 63.2 Å². The van der Waals surface area contributed by atoms with Crippen LogP contribution in [0.1, 0.15) is 44.9 Å². The van der Waals surface area contributed by atoms with Gasteiger partial charge in [-0.25, -0.2) is 4.99 Å². The lowest BCUT2D eigenvalue weighted by atomic mass is 9.79. The van der Waals surface area contributed by atoms with Crippen molar-refractivity contribution in [1.82, 2.24) is 15.5 Å². The molecule has 1 aliphatic heterocycles. The lowest BCUT2D eigenvalue weighted by molar-refractivity contribution is -0.127. The number of halogens is 1. The highest BCUT2D eigenvalue weighted by Crippen LogP contribution is 2.41. The molecule has 4 atom stereocenters. The molecule has 0 aromatic heterocycles. The average molecular weight is 478 g/mol. The molecule has 0 spiro atoms. The van der Waals surface area contributed by atoms with Gasteiger partial charge in [0.15, 0.2) is 5.96 Å². The van der Waals surface area contributed by atoms with Gasteiger partial charge < -0.3 is 20.3 Å². The summed E-state index contributed by atoms with van der Waals surface area (Å²) in [5, 5.41) is 7.07. The first-order chi connectivity index (χ1) is 12.1. The van der Waals surface area contributed by atoms with E-state index in [-0.39, 0.29) is 36.4 Å². The molecule has 3 rings (SSSR count). The Balaban J connectivity index is 0.00000243. The summed E-state index contributed by atoms with van der Waals surface area (Å²) in [6.45, 7) is 2.74. The van der Waals surface area contributed by atoms with E-state index in [2.05, 4.69) is 15.6 Å². The summed E-state index contributed by atoms with van der Waals surface area (Å²) < 4.78 is 5.46. The summed E-state index contributed by atoms with van der Waals surface area (Å²) in [5.41, 5.74) is 0. The highest BCUT2D eigenvalue weighted by Gasteiger charge is 2.34. The van der Waals surface area contributed by atoms with Crippen molar-refractivity contribution in [3.63, 3.8) is 0 Å². The van der Waals surface area contributed by atoms with Gasteiger partial charge in [-0.1, -0.05) is 19.3 Å². The highest BCUT2D eigenvalue weighted by molar-refractivity contribution is 14.0. The summed E-state index contributed by atoms with van der Waals surface area (Å²) in [7, 11) is 3.55. The van der Waals surface area contributed by atoms with E-state index in [1.807, 2.05) is 0 Å². The van der Waals surface area contributed by atoms with Crippen LogP contribution in [0.5, 0.6) is 0 Å². The molecule has 3 aliphatic rings. The normalized spacial score (nSPS) is 31.1. The number of nitrogens with one attached hydrogen (secondary N) is 2. The zero-order valence-electron chi connectivity index (χ0n) is 16.2. The number of ether oxygens (including phenoxy) is 1. The monoisotopic (exact) mass is 478 g/mol. The van der Waals surface area contributed by atoms with Crippen molar-refractivity contribution in [2.45, 2.75) is 51.0 Å². The molecule has 0 bridgehead atoms. The van der Waals surface area contributed by atoms with Gasteiger partial charge in [-0.05, 0) is 37.5 Å². The first-order valence-electron chi connectivity index (χ1n) is 9.94. The maximum absolute atomic E-state index is 11.9. The summed E-state index contributed by atoms with van der Waals surface area (Å²) in [4.78, 5) is 18.0. The van der Waals surface area contributed by atoms with Gasteiger partial charge in [-0.2, -0.15) is 0 Å². The van der Waals surface area contributed by atoms with E-state index in [0.717, 1.165) is 44.0 Å². The summed E-state index contributed by atoms with van der Waals surface area (Å²) in [6.07, 6.45) is 9.12. The molecule has 2 N–H and O–H groups in total. The molecule has 2 aliphatic carbocycles. The van der Waals surface area contributed by atoms with Crippen molar-refractivity contribution in [3.8, 4) is 0 Å². The largest absolute Gasteiger partial charge is 0.381 e. The van der Waals surface area contributed by atoms with Gasteiger partial charge >= 0.3 is 0 Å². The Labute approximate surface area is 174 Å². The van der Waals surface area contributed by atoms with Crippen LogP contribution >= 0.6 is 24.0 Å². The van der Waals surface area contributed by atoms with E-state index in [9.17, 15) is 4.79 Å². The quantitative estimate of drug-likeness (QED) is 0.362. The van der Waals surface area contributed by atoms with Crippen LogP contribution in [0.25, 0.3) is 0 Å². The van der Waals surface area contributed by atoms with Gasteiger partial charge in [-0.15, -0.1) is 24.0 Å². The fourth-order valence-electron chi connectivity index (χ4n) is 4.45. The fourth-order valence-corrected chi connectivity index (χ4v) is 4.45. The van der Waals surface area contributed by atoms with Crippen LogP contribution in [0.15, 0.2) is 4.99 Å². The number of fused-ring (bicyclic) bond motifs is 1. The molecule has 150 valence electrons. The van der Waals surface area contributed by atoms with Gasteiger partial charge in [0.2, 0.25) is 5.91 Å². The molecule has 0 radical (unpaired) electrons. The van der Waals surface area contributed by atoms with E-state index >= 15 is 0 Å². The first kappa shape index (κ1) is 21.7. The number of hydrogen-bond acceptors (Lipinski definition) is 3. The molecule has 0 aromatic carbocycles. The lowest BCUT2D eigenvalue weighted by Crippen LogP contribution is -2.47. The molecule has 3 fully saturated rings. The zero-order valence-corrected chi connectivity index (χ0v) is 18.5. The van der Waals surface area contributed by atoms with E-state index < -0.39 is 0 Å². The number of carbonyl (C=O) groups is 1. The molecule has 1 heterocycles. The van der Waals surface area contributed by atoms with Crippen LogP contribution in [0.4, 0.5) is 0 Å². The Bertz CT molecular complexity index is 480. The molecule has 2 saturated carbocycles. The van der Waals surface area contributed by atoms with Crippen molar-refractivity contribution in [1.29, 1.82) is 0 Å². The predicted octanol–water partition coefficient (Wildman–Crippen LogP) is 2.23. The second-order valence-electron chi connectivity index (χ2n) is 8.17. The number of guanidine groups is 1. The van der Waals surface area contributed by atoms with Crippen molar-refractivity contribution >= 4 is 35.8 Å². The van der Waals surface area contributed by atoms with Crippen LogP contribution in [0.3, 0.4) is 0 Å². The molecule has 0 aromatic rings. The molecular weight excluding hydrogens is 443 g/mol. The molecule has 6 nitrogen and oxygen atoms in total. The standard InChI is InChI=1S/C19H34N4O2.HI/c1-23(2)18(24)12-21-19(20-11-14-8-9-25-13-14)22-17-7-6-15-4-3-5-16(15)10-17;/h14-17H,3-13H2,1-2H3,(H2,20,21,22);1H. The van der Waals surface area contributed by atoms with Crippen LogP contribution in [0.2, 0.25) is 0 Å². The Kier molecular flexibility index (Phi) is 8.93. The Morgan fingerprint density at radius 1 is 1.15 bits per heavy atom. The van der Waals surface area contributed by atoms with Crippen molar-refractivity contribution in [3.05, 3.63) is 0 Å². The number of nitrogens with zero attached hydrogens (tertiary/aromatic N) is 2. The minimum Gasteiger partial charge on any atom is -0.381 e. The molecule has 1 amide bonds. The first-order valence-corrected chi connectivity index (χ1v) is 9.94. The number of hydrogen-bond donors (Lipinski definition) is 2. The second-order valence-corrected chi connectivity index (χ2v) is 8.17. The van der Waals surface area contributed by atoms with E-state index in [4.69, 9.17) is 4.74 Å². The van der Waals surface area contributed by atoms with Gasteiger partial charge in [0.1, 0.15) is 6.54 Å². The maximum atomic E-state index is 11.9. The summed E-state index contributed by atoms with van der Waals surface area (Å²) in [5.74, 6) is 3.21. The lowest BCUT2D eigenvalue weighted by Gasteiger charge is -2.33. The summed E-state index contributed by atoms with van der Waals surface area (Å²) >= 11 is 0. The van der Waals surface area contributed by atoms with E-state index in [0.29, 0.717) is 12.0 Å². The Hall–Kier alpha value is -0.570. The third-order valence-corrected chi connectivity index (χ3v) is 6.08. The van der Waals surface area contributed by atoms with Gasteiger partial charge in [0.25, 0.3) is 0 Å². The molecule has 26 heavy (non-hydrogen) atoms. The van der Waals surface area contributed by atoms with Crippen LogP contribution < -0.4 is 10.6 Å². The van der Waals surface area contributed by atoms with Crippen LogP contribution in [-0.2, 0) is 9.53 Å². The Morgan fingerprint density at radius 2 is 1.96 bits per heavy atom. The van der Waals surface area contributed by atoms with Crippen molar-refractivity contribution in [2.75, 3.05) is 40.4 Å². The zero-order chi connectivity index (χ0) is 17.6. The number of rotatable bonds is 5. The smallest absolute Gasteiger partial charge is 0.243 e. The van der Waals surface area contributed by atoms with Gasteiger partial charge in [0.05, 0.1) is 6.61 Å². The minimum atomic E-state index is 0. The third kappa shape index (κ3) is 6.25. The molecule has 1 saturated heterocycles. The third-order valence-electron chi connectivity index (χ3n) is 6.08. The number of aliphatic imine (C=N–C) groups is 1. The fraction of sp³-hybridized carbons (Fsp3) is 0.895. The maximum Gasteiger partial charge on any atom is 0.243 e. The molecular formula is C19H35IN4O2. The summed E-state index contributed by atoms with van der Waals surface area (Å²) in [6, 6.07) is 0.486. The van der Waals surface area contributed by atoms with E-state index in [1.54, 1.807) is 19.0 Å². The second kappa shape index (κ2) is 10.7. The van der Waals surface area contributed by atoms with E-state index in [1.165, 1.54) is 38.5 Å². The molecule has 7 heteroatoms. The highest BCUT2D eigenvalue weighted by atomic mass is 127. The van der Waals surface area contributed by atoms with Crippen molar-refractivity contribution < 1.29 is 9.53 Å². The number of amides is 1. The molecule has 4 unspecified atom stereocenters. The number of likely N-dealkylation sites (N-methyl/N-ethyl adjacent to an activating group) is 1. The van der Waals surface area contributed by atoms with Crippen LogP contribution in [0, 0.1) is 17.8 Å². The average Bonchev–Trinajstić information content (AvgIpc) is 3.27. The topological polar surface area (TPSA) is 66.0 Å². The van der Waals surface area contributed by atoms with Crippen molar-refractivity contribution in [2.24, 2.45) is 22.7 Å². The van der Waals surface area contributed by atoms with Gasteiger partial charge in [-0.3, -0.25) is 4.79 Å². The predicted molar refractivity (Wildman–Crippen MR) is 115 cm³/mol. The minimum absolute atomic E-state index is 0. The number of carbonyl (C=O) groups excluding carboxylic acids is 1. The van der Waals surface area contributed by atoms with Gasteiger partial charge in [0, 0.05) is 39.2 Å². The Morgan fingerprint density at radius 3 is 2.69 bits per heavy atom. The SMILES string of the molecule is CN(C)C(=O)CN=C(NCC1CCOC1)NC1CCC2CCCC2C1.I.